The normalized spacial score (nSPS) is 42.0. The van der Waals surface area contributed by atoms with Gasteiger partial charge in [0.1, 0.15) is 0 Å². The fraction of sp³-hybridized carbons (Fsp3) is 0.600. The molecule has 0 aromatic rings. The van der Waals surface area contributed by atoms with Crippen LogP contribution >= 0.6 is 0 Å². The topological polar surface area (TPSA) is 0 Å². The van der Waals surface area contributed by atoms with E-state index in [1.54, 1.807) is 12.8 Å². The molecule has 0 saturated heterocycles. The first kappa shape index (κ1) is 15.6. The summed E-state index contributed by atoms with van der Waals surface area (Å²) in [6.45, 7) is 5.43. The van der Waals surface area contributed by atoms with Crippen LogP contribution in [0, 0.1) is 23.7 Å². The molecule has 0 aliphatic heterocycles. The first-order valence-corrected chi connectivity index (χ1v) is 22.6. The van der Waals surface area contributed by atoms with Crippen LogP contribution in [0.1, 0.15) is 25.7 Å². The maximum absolute atomic E-state index is 2.72. The van der Waals surface area contributed by atoms with Crippen LogP contribution in [0.2, 0.25) is 20.4 Å². The van der Waals surface area contributed by atoms with Gasteiger partial charge in [0, 0.05) is 0 Å². The van der Waals surface area contributed by atoms with Crippen LogP contribution in [0.15, 0.2) is 48.6 Å². The van der Waals surface area contributed by atoms with Gasteiger partial charge < -0.3 is 0 Å². The van der Waals surface area contributed by atoms with Gasteiger partial charge in [-0.25, -0.2) is 0 Å². The Hall–Kier alpha value is 0.0470. The maximum atomic E-state index is 2.72. The van der Waals surface area contributed by atoms with Crippen molar-refractivity contribution in [1.29, 1.82) is 0 Å². The molecular weight excluding hydrogens is 447 g/mol. The molecule has 6 atom stereocenters. The molecule has 2 saturated carbocycles. The molecule has 0 aromatic carbocycles. The van der Waals surface area contributed by atoms with E-state index >= 15 is 0 Å². The molecule has 0 bridgehead atoms. The third-order valence-corrected chi connectivity index (χ3v) is 40.4. The zero-order chi connectivity index (χ0) is 15.1. The molecule has 2 heteroatoms. The molecule has 6 unspecified atom stereocenters. The van der Waals surface area contributed by atoms with E-state index in [0.29, 0.717) is 0 Å². The Labute approximate surface area is 144 Å². The quantitative estimate of drug-likeness (QED) is 0.475. The van der Waals surface area contributed by atoms with E-state index in [-0.39, 0.29) is 0 Å². The van der Waals surface area contributed by atoms with Gasteiger partial charge in [0.2, 0.25) is 0 Å². The van der Waals surface area contributed by atoms with Crippen LogP contribution in [-0.4, -0.2) is 5.98 Å². The van der Waals surface area contributed by atoms with Crippen LogP contribution in [0.5, 0.6) is 0 Å². The summed E-state index contributed by atoms with van der Waals surface area (Å²) < 4.78 is 2.37. The monoisotopic (exact) mass is 477 g/mol. The van der Waals surface area contributed by atoms with Crippen molar-refractivity contribution in [2.45, 2.75) is 46.1 Å². The fourth-order valence-corrected chi connectivity index (χ4v) is 43.7. The van der Waals surface area contributed by atoms with E-state index in [1.807, 2.05) is 0 Å². The molecule has 117 valence electrons. The van der Waals surface area contributed by atoms with Crippen LogP contribution in [-0.2, 0) is 20.6 Å². The van der Waals surface area contributed by atoms with Gasteiger partial charge in [-0.1, -0.05) is 0 Å². The predicted octanol–water partition coefficient (Wildman–Crippen LogP) is 5.47. The standard InChI is InChI=1S/2C9H11.C2H7Si.Hf/c2*1-2-5-9-7-3-6-8(9)4-1;1-3-2;/h2*1-2,4-6,8-9H,3,7H2;3H,1-2H3;. The summed E-state index contributed by atoms with van der Waals surface area (Å²) in [6.07, 6.45) is 25.7. The Morgan fingerprint density at radius 1 is 0.682 bits per heavy atom. The molecule has 0 spiro atoms. The Morgan fingerprint density at radius 3 is 1.59 bits per heavy atom. The Morgan fingerprint density at radius 2 is 1.14 bits per heavy atom. The van der Waals surface area contributed by atoms with E-state index in [4.69, 9.17) is 0 Å². The van der Waals surface area contributed by atoms with Gasteiger partial charge in [0.25, 0.3) is 0 Å². The van der Waals surface area contributed by atoms with Gasteiger partial charge in [-0.15, -0.1) is 0 Å². The SMILES string of the molecule is C[SiH](C)[Hf]([CH]1CCC2C=CC=CC21)[CH]1CCC2C=CC=CC21. The third-order valence-electron chi connectivity index (χ3n) is 6.67. The molecule has 0 aromatic heterocycles. The second-order valence-corrected chi connectivity index (χ2v) is 37.2. The summed E-state index contributed by atoms with van der Waals surface area (Å²) in [5.74, 6) is 3.28. The molecule has 2 fully saturated rings. The van der Waals surface area contributed by atoms with Crippen molar-refractivity contribution in [3.05, 3.63) is 48.6 Å². The molecule has 0 N–H and O–H groups in total. The second-order valence-electron chi connectivity index (χ2n) is 8.04. The first-order valence-electron chi connectivity index (χ1n) is 9.32. The Bertz CT molecular complexity index is 486. The van der Waals surface area contributed by atoms with Crippen molar-refractivity contribution < 1.29 is 20.6 Å². The van der Waals surface area contributed by atoms with Gasteiger partial charge in [-0.3, -0.25) is 0 Å². The molecular formula is C20H29HfSi. The molecule has 22 heavy (non-hydrogen) atoms. The molecule has 0 nitrogen and oxygen atoms in total. The second kappa shape index (κ2) is 6.51. The first-order chi connectivity index (χ1) is 10.8. The fourth-order valence-electron chi connectivity index (χ4n) is 5.82. The van der Waals surface area contributed by atoms with Gasteiger partial charge in [0.15, 0.2) is 0 Å². The number of hydrogen-bond donors (Lipinski definition) is 0. The average molecular weight is 476 g/mol. The van der Waals surface area contributed by atoms with Gasteiger partial charge >= 0.3 is 145 Å². The number of hydrogen-bond acceptors (Lipinski definition) is 0. The van der Waals surface area contributed by atoms with Crippen LogP contribution < -0.4 is 0 Å². The number of rotatable bonds is 3. The van der Waals surface area contributed by atoms with Crippen LogP contribution in [0.4, 0.5) is 0 Å². The molecule has 4 rings (SSSR count). The third kappa shape index (κ3) is 2.68. The minimum absolute atomic E-state index is 0.428. The summed E-state index contributed by atoms with van der Waals surface area (Å²) in [7, 11) is 0. The average Bonchev–Trinajstić information content (AvgIpc) is 3.13. The van der Waals surface area contributed by atoms with Crippen LogP contribution in [0.3, 0.4) is 0 Å². The number of allylic oxidation sites excluding steroid dienone is 8. The predicted molar refractivity (Wildman–Crippen MR) is 95.4 cm³/mol. The zero-order valence-corrected chi connectivity index (χ0v) is 18.7. The summed E-state index contributed by atoms with van der Waals surface area (Å²) in [5.41, 5.74) is 0. The summed E-state index contributed by atoms with van der Waals surface area (Å²) in [5, 5.41) is 0. The van der Waals surface area contributed by atoms with Crippen molar-refractivity contribution in [2.24, 2.45) is 23.7 Å². The van der Waals surface area contributed by atoms with Gasteiger partial charge in [-0.2, -0.15) is 0 Å². The molecule has 0 amide bonds. The molecule has 0 radical (unpaired) electrons. The van der Waals surface area contributed by atoms with Crippen LogP contribution in [0.25, 0.3) is 0 Å². The van der Waals surface area contributed by atoms with Gasteiger partial charge in [0.05, 0.1) is 0 Å². The van der Waals surface area contributed by atoms with E-state index in [1.165, 1.54) is 20.2 Å². The summed E-state index contributed by atoms with van der Waals surface area (Å²) in [6, 6.07) is 0. The van der Waals surface area contributed by atoms with Crippen molar-refractivity contribution in [2.75, 3.05) is 0 Å². The van der Waals surface area contributed by atoms with Crippen molar-refractivity contribution in [3.8, 4) is 0 Å². The van der Waals surface area contributed by atoms with Gasteiger partial charge in [-0.05, 0) is 0 Å². The Balaban J connectivity index is 1.59. The van der Waals surface area contributed by atoms with Crippen molar-refractivity contribution in [3.63, 3.8) is 0 Å². The molecule has 4 aliphatic carbocycles. The van der Waals surface area contributed by atoms with E-state index < -0.39 is 26.6 Å². The minimum atomic E-state index is -1.52. The van der Waals surface area contributed by atoms with E-state index in [2.05, 4.69) is 61.7 Å². The summed E-state index contributed by atoms with van der Waals surface area (Å²) >= 11 is -1.52. The van der Waals surface area contributed by atoms with Crippen molar-refractivity contribution >= 4 is 5.98 Å². The van der Waals surface area contributed by atoms with E-state index in [0.717, 1.165) is 23.7 Å². The van der Waals surface area contributed by atoms with E-state index in [9.17, 15) is 0 Å². The van der Waals surface area contributed by atoms with Crippen molar-refractivity contribution in [1.82, 2.24) is 0 Å². The Kier molecular flexibility index (Phi) is 4.61. The summed E-state index contributed by atoms with van der Waals surface area (Å²) in [4.78, 5) is 0. The molecule has 4 aliphatic rings. The molecule has 0 heterocycles. The number of fused-ring (bicyclic) bond motifs is 2. The zero-order valence-electron chi connectivity index (χ0n) is 14.0.